The molecule has 0 saturated carbocycles. The van der Waals surface area contributed by atoms with Crippen molar-refractivity contribution in [3.8, 4) is 5.75 Å². The second-order valence-electron chi connectivity index (χ2n) is 10.9. The van der Waals surface area contributed by atoms with Crippen LogP contribution in [-0.4, -0.2) is 102 Å². The molecule has 2 aliphatic heterocycles. The summed E-state index contributed by atoms with van der Waals surface area (Å²) in [6.07, 6.45) is -4.86. The molecule has 240 valence electrons. The van der Waals surface area contributed by atoms with Crippen LogP contribution in [0.2, 0.25) is 0 Å². The zero-order valence-corrected chi connectivity index (χ0v) is 24.9. The maximum Gasteiger partial charge on any atom is 0.394 e. The highest BCUT2D eigenvalue weighted by Gasteiger charge is 2.57. The van der Waals surface area contributed by atoms with E-state index in [0.29, 0.717) is 37.7 Å². The van der Waals surface area contributed by atoms with Crippen molar-refractivity contribution < 1.29 is 37.0 Å². The molecule has 2 fully saturated rings. The molecule has 2 N–H and O–H groups in total. The Hall–Kier alpha value is -4.34. The Labute approximate surface area is 257 Å². The summed E-state index contributed by atoms with van der Waals surface area (Å²) in [6.45, 7) is 1.05. The van der Waals surface area contributed by atoms with Crippen molar-refractivity contribution in [3.63, 3.8) is 0 Å². The Morgan fingerprint density at radius 1 is 1.09 bits per heavy atom. The van der Waals surface area contributed by atoms with Gasteiger partial charge in [0.1, 0.15) is 11.7 Å². The quantitative estimate of drug-likeness (QED) is 0.375. The lowest BCUT2D eigenvalue weighted by Crippen LogP contribution is -2.45. The number of ether oxygens (including phenoxy) is 2. The van der Waals surface area contributed by atoms with Gasteiger partial charge in [0.05, 0.1) is 38.3 Å². The van der Waals surface area contributed by atoms with Crippen molar-refractivity contribution in [2.24, 2.45) is 11.7 Å². The summed E-state index contributed by atoms with van der Waals surface area (Å²) in [5.41, 5.74) is 7.50. The molecule has 2 atom stereocenters. The fourth-order valence-electron chi connectivity index (χ4n) is 5.47. The molecule has 2 saturated heterocycles. The maximum absolute atomic E-state index is 14.4. The third-order valence-corrected chi connectivity index (χ3v) is 7.93. The number of halogens is 3. The highest BCUT2D eigenvalue weighted by molar-refractivity contribution is 6.02. The van der Waals surface area contributed by atoms with Crippen molar-refractivity contribution in [2.75, 3.05) is 58.5 Å². The summed E-state index contributed by atoms with van der Waals surface area (Å²) >= 11 is 0. The number of nitrogens with zero attached hydrogens (tertiary/aromatic N) is 6. The van der Waals surface area contributed by atoms with Gasteiger partial charge in [-0.1, -0.05) is 36.4 Å². The normalized spacial score (nSPS) is 19.2. The molecular formula is C30H34F3N7O5. The summed E-state index contributed by atoms with van der Waals surface area (Å²) in [5.74, 6) is -7.11. The summed E-state index contributed by atoms with van der Waals surface area (Å²) in [6, 6.07) is 13.7. The molecule has 2 amide bonds. The second-order valence-corrected chi connectivity index (χ2v) is 10.9. The Bertz CT molecular complexity index is 1540. The topological polar surface area (TPSA) is 136 Å². The number of hydrogen-bond acceptors (Lipinski definition) is 10. The van der Waals surface area contributed by atoms with Crippen LogP contribution in [0, 0.1) is 5.92 Å². The molecule has 2 aromatic carbocycles. The van der Waals surface area contributed by atoms with Gasteiger partial charge in [-0.15, -0.1) is 5.10 Å². The summed E-state index contributed by atoms with van der Waals surface area (Å²) in [7, 11) is 2.98. The molecule has 12 nitrogen and oxygen atoms in total. The number of benzene rings is 2. The van der Waals surface area contributed by atoms with Crippen LogP contribution in [0.1, 0.15) is 33.2 Å². The van der Waals surface area contributed by atoms with Gasteiger partial charge in [0.2, 0.25) is 17.8 Å². The Kier molecular flexibility index (Phi) is 9.51. The van der Waals surface area contributed by atoms with Crippen molar-refractivity contribution >= 4 is 23.7 Å². The zero-order valence-electron chi connectivity index (χ0n) is 24.9. The van der Waals surface area contributed by atoms with Crippen LogP contribution in [0.4, 0.5) is 19.1 Å². The van der Waals surface area contributed by atoms with E-state index in [1.807, 2.05) is 24.3 Å². The number of hydrogen-bond donors (Lipinski definition) is 1. The van der Waals surface area contributed by atoms with E-state index in [-0.39, 0.29) is 30.4 Å². The number of methoxy groups -OCH3 is 1. The Morgan fingerprint density at radius 2 is 1.76 bits per heavy atom. The van der Waals surface area contributed by atoms with Gasteiger partial charge >= 0.3 is 6.18 Å². The van der Waals surface area contributed by atoms with E-state index in [1.54, 1.807) is 35.0 Å². The first-order valence-corrected chi connectivity index (χ1v) is 14.4. The number of rotatable bonds is 9. The number of morpholine rings is 1. The van der Waals surface area contributed by atoms with Crippen molar-refractivity contribution in [1.29, 1.82) is 0 Å². The monoisotopic (exact) mass is 629 g/mol. The number of aromatic nitrogens is 3. The predicted molar refractivity (Wildman–Crippen MR) is 155 cm³/mol. The molecule has 15 heteroatoms. The first kappa shape index (κ1) is 32.1. The second kappa shape index (κ2) is 13.3. The number of anilines is 1. The van der Waals surface area contributed by atoms with Crippen LogP contribution < -0.4 is 15.4 Å². The molecule has 3 aromatic rings. The highest BCUT2D eigenvalue weighted by atomic mass is 19.4. The molecule has 0 radical (unpaired) electrons. The first-order chi connectivity index (χ1) is 21.5. The number of nitrogens with two attached hydrogens (primary N) is 1. The van der Waals surface area contributed by atoms with Gasteiger partial charge in [-0.2, -0.15) is 22.8 Å². The van der Waals surface area contributed by atoms with Crippen LogP contribution in [0.3, 0.4) is 0 Å². The first-order valence-electron chi connectivity index (χ1n) is 14.4. The standard InChI is InChI=1S/C30H34F3N7O5/c1-37(16-20-9-7-19(15-34)8-10-20)29-35-26(36-40(29)27(42)21-5-3-4-6-23(21)44-2)25-22(30(31,32)33)17-39(28(25)43)24(41)18-38-11-13-45-14-12-38/h3-10,22,25H,11-18,34H2,1-2H3. The molecule has 0 aliphatic carbocycles. The van der Waals surface area contributed by atoms with Crippen LogP contribution in [0.15, 0.2) is 48.5 Å². The van der Waals surface area contributed by atoms with Crippen LogP contribution in [0.5, 0.6) is 5.75 Å². The molecule has 1 aromatic heterocycles. The van der Waals surface area contributed by atoms with Crippen molar-refractivity contribution in [1.82, 2.24) is 24.6 Å². The summed E-state index contributed by atoms with van der Waals surface area (Å²) < 4.78 is 54.7. The number of amides is 2. The lowest BCUT2D eigenvalue weighted by Gasteiger charge is -2.27. The molecular weight excluding hydrogens is 595 g/mol. The van der Waals surface area contributed by atoms with E-state index in [9.17, 15) is 27.6 Å². The highest BCUT2D eigenvalue weighted by Crippen LogP contribution is 2.43. The smallest absolute Gasteiger partial charge is 0.394 e. The molecule has 45 heavy (non-hydrogen) atoms. The predicted octanol–water partition coefficient (Wildman–Crippen LogP) is 2.03. The minimum Gasteiger partial charge on any atom is -0.496 e. The zero-order chi connectivity index (χ0) is 32.3. The van der Waals surface area contributed by atoms with Gasteiger partial charge in [0.25, 0.3) is 5.91 Å². The third-order valence-electron chi connectivity index (χ3n) is 7.93. The average molecular weight is 630 g/mol. The number of alkyl halides is 3. The van der Waals surface area contributed by atoms with Gasteiger partial charge in [-0.05, 0) is 23.3 Å². The minimum absolute atomic E-state index is 0.0874. The number of imide groups is 1. The van der Waals surface area contributed by atoms with Crippen LogP contribution in [0.25, 0.3) is 0 Å². The van der Waals surface area contributed by atoms with Crippen LogP contribution in [-0.2, 0) is 27.4 Å². The van der Waals surface area contributed by atoms with Crippen LogP contribution >= 0.6 is 0 Å². The molecule has 2 unspecified atom stereocenters. The van der Waals surface area contributed by atoms with Gasteiger partial charge in [0, 0.05) is 39.8 Å². The van der Waals surface area contributed by atoms with E-state index in [4.69, 9.17) is 15.2 Å². The molecule has 2 aliphatic rings. The van der Waals surface area contributed by atoms with Gasteiger partial charge in [0.15, 0.2) is 5.82 Å². The van der Waals surface area contributed by atoms with Crippen molar-refractivity contribution in [2.45, 2.75) is 25.2 Å². The van der Waals surface area contributed by atoms with Gasteiger partial charge < -0.3 is 20.1 Å². The van der Waals surface area contributed by atoms with E-state index < -0.39 is 48.1 Å². The third kappa shape index (κ3) is 6.84. The molecule has 0 spiro atoms. The van der Waals surface area contributed by atoms with Gasteiger partial charge in [-0.3, -0.25) is 24.2 Å². The SMILES string of the molecule is COc1ccccc1C(=O)n1nc(C2C(=O)N(C(=O)CN3CCOCC3)CC2C(F)(F)F)nc1N(C)Cc1ccc(CN)cc1. The fraction of sp³-hybridized carbons (Fsp3) is 0.433. The number of likely N-dealkylation sites (tertiary alicyclic amines) is 1. The Balaban J connectivity index is 1.52. The van der Waals surface area contributed by atoms with Crippen molar-refractivity contribution in [3.05, 3.63) is 71.0 Å². The number of carbonyl (C=O) groups is 3. The molecule has 5 rings (SSSR count). The van der Waals surface area contributed by atoms with E-state index in [2.05, 4.69) is 10.1 Å². The number of carbonyl (C=O) groups excluding carboxylic acids is 3. The maximum atomic E-state index is 14.4. The fourth-order valence-corrected chi connectivity index (χ4v) is 5.47. The van der Waals surface area contributed by atoms with E-state index in [0.717, 1.165) is 15.8 Å². The number of para-hydroxylation sites is 1. The largest absolute Gasteiger partial charge is 0.496 e. The summed E-state index contributed by atoms with van der Waals surface area (Å²) in [4.78, 5) is 48.7. The van der Waals surface area contributed by atoms with E-state index in [1.165, 1.54) is 13.2 Å². The average Bonchev–Trinajstić information content (AvgIpc) is 3.63. The lowest BCUT2D eigenvalue weighted by atomic mass is 9.94. The molecule has 0 bridgehead atoms. The Morgan fingerprint density at radius 3 is 2.40 bits per heavy atom. The minimum atomic E-state index is -4.86. The van der Waals surface area contributed by atoms with Gasteiger partial charge in [-0.25, -0.2) is 0 Å². The van der Waals surface area contributed by atoms with E-state index >= 15 is 0 Å². The lowest BCUT2D eigenvalue weighted by molar-refractivity contribution is -0.175. The molecule has 3 heterocycles. The summed E-state index contributed by atoms with van der Waals surface area (Å²) in [5, 5.41) is 4.21.